The first kappa shape index (κ1) is 21.7. The number of rotatable bonds is 8. The van der Waals surface area contributed by atoms with Crippen LogP contribution in [0.15, 0.2) is 10.2 Å². The molecule has 0 fully saturated rings. The van der Waals surface area contributed by atoms with Gasteiger partial charge in [-0.15, -0.1) is 0 Å². The molecule has 0 aromatic rings. The number of thiocarbonyl (C=S) groups is 2. The van der Waals surface area contributed by atoms with Crippen LogP contribution in [0.25, 0.3) is 0 Å². The van der Waals surface area contributed by atoms with Gasteiger partial charge in [-0.25, -0.2) is 4.79 Å². The Kier molecular flexibility index (Phi) is 10.1. The van der Waals surface area contributed by atoms with Gasteiger partial charge in [-0.2, -0.15) is 10.2 Å². The molecule has 0 aromatic heterocycles. The third-order valence-electron chi connectivity index (χ3n) is 2.65. The lowest BCUT2D eigenvalue weighted by Crippen LogP contribution is -2.45. The van der Waals surface area contributed by atoms with Gasteiger partial charge in [-0.1, -0.05) is 0 Å². The molecule has 134 valence electrons. The lowest BCUT2D eigenvalue weighted by atomic mass is 10.1. The minimum atomic E-state index is -1.20. The molecule has 0 bridgehead atoms. The van der Waals surface area contributed by atoms with E-state index in [2.05, 4.69) is 31.7 Å². The van der Waals surface area contributed by atoms with Crippen LogP contribution in [-0.2, 0) is 9.59 Å². The molecule has 0 saturated carbocycles. The average molecular weight is 376 g/mol. The zero-order valence-electron chi connectivity index (χ0n) is 13.4. The fourth-order valence-electron chi connectivity index (χ4n) is 1.20. The van der Waals surface area contributed by atoms with Gasteiger partial charge in [-0.3, -0.25) is 15.6 Å². The van der Waals surface area contributed by atoms with Crippen LogP contribution in [0.2, 0.25) is 0 Å². The maximum atomic E-state index is 11.0. The highest BCUT2D eigenvalue weighted by Gasteiger charge is 2.19. The number of carboxylic acid groups (broad SMARTS) is 2. The first-order valence-corrected chi connectivity index (χ1v) is 7.56. The van der Waals surface area contributed by atoms with E-state index in [1.807, 2.05) is 0 Å². The summed E-state index contributed by atoms with van der Waals surface area (Å²) in [5.41, 5.74) is 6.09. The van der Waals surface area contributed by atoms with E-state index in [1.165, 1.54) is 0 Å². The third kappa shape index (κ3) is 9.63. The number of carbonyl (C=O) groups is 2. The Morgan fingerprint density at radius 3 is 1.96 bits per heavy atom. The number of aliphatic carboxylic acids is 2. The summed E-state index contributed by atoms with van der Waals surface area (Å²) in [6, 6.07) is -1.12. The second kappa shape index (κ2) is 11.2. The summed E-state index contributed by atoms with van der Waals surface area (Å²) < 4.78 is 0. The van der Waals surface area contributed by atoms with E-state index in [0.29, 0.717) is 16.5 Å². The Labute approximate surface area is 149 Å². The minimum absolute atomic E-state index is 0.0429. The number of nitrogens with zero attached hydrogens (tertiary/aromatic N) is 2. The molecule has 0 aliphatic rings. The van der Waals surface area contributed by atoms with E-state index in [1.54, 1.807) is 20.9 Å². The van der Waals surface area contributed by atoms with Crippen LogP contribution in [0.3, 0.4) is 0 Å². The van der Waals surface area contributed by atoms with Crippen molar-refractivity contribution in [2.45, 2.75) is 32.7 Å². The number of hydrogen-bond acceptors (Lipinski definition) is 6. The van der Waals surface area contributed by atoms with E-state index in [0.717, 1.165) is 0 Å². The summed E-state index contributed by atoms with van der Waals surface area (Å²) in [6.07, 6.45) is -0.404. The Morgan fingerprint density at radius 1 is 1.04 bits per heavy atom. The summed E-state index contributed by atoms with van der Waals surface area (Å²) >= 11 is 9.80. The molecule has 1 atom stereocenters. The van der Waals surface area contributed by atoms with Crippen molar-refractivity contribution in [2.75, 3.05) is 7.05 Å². The maximum absolute atomic E-state index is 11.0. The predicted molar refractivity (Wildman–Crippen MR) is 98.2 cm³/mol. The number of carboxylic acids is 2. The highest BCUT2D eigenvalue weighted by atomic mass is 32.1. The molecule has 24 heavy (non-hydrogen) atoms. The first-order chi connectivity index (χ1) is 11.2. The fraction of sp³-hybridized carbons (Fsp3) is 0.500. The van der Waals surface area contributed by atoms with Crippen LogP contribution >= 0.6 is 24.4 Å². The lowest BCUT2D eigenvalue weighted by molar-refractivity contribution is -0.140. The maximum Gasteiger partial charge on any atom is 0.326 e. The Morgan fingerprint density at radius 2 is 1.54 bits per heavy atom. The third-order valence-corrected chi connectivity index (χ3v) is 3.16. The van der Waals surface area contributed by atoms with Crippen LogP contribution in [0.5, 0.6) is 0 Å². The van der Waals surface area contributed by atoms with Gasteiger partial charge in [-0.05, 0) is 44.7 Å². The minimum Gasteiger partial charge on any atom is -0.481 e. The molecular formula is C12H20N6O4S2. The van der Waals surface area contributed by atoms with Crippen LogP contribution in [0.1, 0.15) is 26.7 Å². The van der Waals surface area contributed by atoms with Crippen LogP contribution < -0.4 is 21.5 Å². The molecule has 0 radical (unpaired) electrons. The highest BCUT2D eigenvalue weighted by Crippen LogP contribution is 1.98. The summed E-state index contributed by atoms with van der Waals surface area (Å²) in [4.78, 5) is 21.6. The zero-order chi connectivity index (χ0) is 18.7. The molecule has 12 heteroatoms. The largest absolute Gasteiger partial charge is 0.481 e. The quantitative estimate of drug-likeness (QED) is 0.188. The van der Waals surface area contributed by atoms with Crippen molar-refractivity contribution in [1.82, 2.24) is 21.5 Å². The van der Waals surface area contributed by atoms with Crippen molar-refractivity contribution in [2.24, 2.45) is 10.2 Å². The second-order valence-electron chi connectivity index (χ2n) is 4.49. The summed E-state index contributed by atoms with van der Waals surface area (Å²) in [5.74, 6) is -2.29. The van der Waals surface area contributed by atoms with Gasteiger partial charge in [0.2, 0.25) is 0 Å². The smallest absolute Gasteiger partial charge is 0.326 e. The fourth-order valence-corrected chi connectivity index (χ4v) is 1.44. The van der Waals surface area contributed by atoms with Gasteiger partial charge in [0.25, 0.3) is 0 Å². The summed E-state index contributed by atoms with van der Waals surface area (Å²) in [7, 11) is 1.65. The van der Waals surface area contributed by atoms with E-state index in [-0.39, 0.29) is 18.0 Å². The van der Waals surface area contributed by atoms with Crippen LogP contribution in [-0.4, -0.2) is 56.9 Å². The normalized spacial score (nSPS) is 12.8. The van der Waals surface area contributed by atoms with E-state index in [9.17, 15) is 9.59 Å². The molecule has 6 N–H and O–H groups in total. The molecule has 0 aliphatic heterocycles. The van der Waals surface area contributed by atoms with E-state index >= 15 is 0 Å². The van der Waals surface area contributed by atoms with Crippen molar-refractivity contribution < 1.29 is 19.8 Å². The highest BCUT2D eigenvalue weighted by molar-refractivity contribution is 7.80. The Bertz CT molecular complexity index is 564. The number of hydrazone groups is 2. The standard InChI is InChI=1S/C12H20N6O4S2/c1-6(15-17-11(23)13-3)7(2)16-18-12(24)14-8(10(21)22)4-5-9(19)20/h8H,4-5H2,1-3H3,(H,19,20)(H,21,22)(H2,13,17,23)(H2,14,18,24)/b15-6+,16-7+. The SMILES string of the molecule is CNC(=S)N/N=C(C)/C(C)=N/NC(=S)NC(CCC(=O)O)C(=O)O. The molecule has 10 nitrogen and oxygen atoms in total. The van der Waals surface area contributed by atoms with Crippen molar-refractivity contribution in [3.8, 4) is 0 Å². The molecule has 0 saturated heterocycles. The van der Waals surface area contributed by atoms with Gasteiger partial charge < -0.3 is 20.8 Å². The van der Waals surface area contributed by atoms with E-state index < -0.39 is 18.0 Å². The zero-order valence-corrected chi connectivity index (χ0v) is 15.0. The second-order valence-corrected chi connectivity index (χ2v) is 5.31. The first-order valence-electron chi connectivity index (χ1n) is 6.75. The van der Waals surface area contributed by atoms with Crippen molar-refractivity contribution in [3.63, 3.8) is 0 Å². The van der Waals surface area contributed by atoms with Crippen LogP contribution in [0.4, 0.5) is 0 Å². The molecular weight excluding hydrogens is 356 g/mol. The molecule has 0 spiro atoms. The van der Waals surface area contributed by atoms with Crippen molar-refractivity contribution >= 4 is 58.0 Å². The molecule has 0 rings (SSSR count). The number of hydrogen-bond donors (Lipinski definition) is 6. The van der Waals surface area contributed by atoms with Crippen molar-refractivity contribution in [3.05, 3.63) is 0 Å². The Balaban J connectivity index is 4.59. The van der Waals surface area contributed by atoms with Gasteiger partial charge in [0, 0.05) is 13.5 Å². The van der Waals surface area contributed by atoms with Crippen LogP contribution in [0, 0.1) is 0 Å². The molecule has 0 aromatic carbocycles. The molecule has 1 unspecified atom stereocenters. The average Bonchev–Trinajstić information content (AvgIpc) is 2.52. The Hall–Kier alpha value is -2.34. The monoisotopic (exact) mass is 376 g/mol. The lowest BCUT2D eigenvalue weighted by Gasteiger charge is -2.15. The van der Waals surface area contributed by atoms with Gasteiger partial charge >= 0.3 is 11.9 Å². The van der Waals surface area contributed by atoms with E-state index in [4.69, 9.17) is 34.6 Å². The van der Waals surface area contributed by atoms with Crippen molar-refractivity contribution in [1.29, 1.82) is 0 Å². The molecule has 0 heterocycles. The number of nitrogens with one attached hydrogen (secondary N) is 4. The van der Waals surface area contributed by atoms with Gasteiger partial charge in [0.15, 0.2) is 10.2 Å². The summed E-state index contributed by atoms with van der Waals surface area (Å²) in [6.45, 7) is 3.35. The predicted octanol–water partition coefficient (Wildman–Crippen LogP) is -0.386. The van der Waals surface area contributed by atoms with Gasteiger partial charge in [0.05, 0.1) is 11.4 Å². The summed E-state index contributed by atoms with van der Waals surface area (Å²) in [5, 5.41) is 31.0. The topological polar surface area (TPSA) is 147 Å². The molecule has 0 aliphatic carbocycles. The molecule has 0 amide bonds. The van der Waals surface area contributed by atoms with Gasteiger partial charge in [0.1, 0.15) is 6.04 Å².